The van der Waals surface area contributed by atoms with Crippen molar-refractivity contribution < 1.29 is 23.1 Å². The molecular weight excluding hydrogens is 268 g/mol. The number of aromatic carboxylic acids is 1. The summed E-state index contributed by atoms with van der Waals surface area (Å²) in [5, 5.41) is 8.37. The van der Waals surface area contributed by atoms with Crippen molar-refractivity contribution in [1.29, 1.82) is 0 Å². The maximum absolute atomic E-state index is 12.4. The number of ether oxygens (including phenoxy) is 1. The van der Waals surface area contributed by atoms with E-state index < -0.39 is 21.1 Å². The van der Waals surface area contributed by atoms with E-state index in [-0.39, 0.29) is 16.2 Å². The summed E-state index contributed by atoms with van der Waals surface area (Å²) in [6.07, 6.45) is 1.25. The molecule has 0 radical (unpaired) electrons. The molecule has 0 aliphatic carbocycles. The normalized spacial score (nSPS) is 13.0. The van der Waals surface area contributed by atoms with Crippen LogP contribution in [0.15, 0.2) is 23.1 Å². The quantitative estimate of drug-likeness (QED) is 0.868. The largest absolute Gasteiger partial charge is 0.495 e. The molecule has 106 valence electrons. The number of carboxylic acids is 1. The highest BCUT2D eigenvalue weighted by molar-refractivity contribution is 7.92. The number of methoxy groups -OCH3 is 1. The zero-order chi connectivity index (χ0) is 14.6. The molecule has 0 saturated heterocycles. The third-order valence-electron chi connectivity index (χ3n) is 2.94. The average molecular weight is 286 g/mol. The first kappa shape index (κ1) is 15.5. The zero-order valence-electron chi connectivity index (χ0n) is 11.2. The first-order valence-electron chi connectivity index (χ1n) is 5.99. The number of carboxylic acid groups (broad SMARTS) is 1. The van der Waals surface area contributed by atoms with Gasteiger partial charge in [-0.2, -0.15) is 0 Å². The Morgan fingerprint density at radius 1 is 1.42 bits per heavy atom. The Morgan fingerprint density at radius 2 is 2.05 bits per heavy atom. The van der Waals surface area contributed by atoms with Crippen molar-refractivity contribution in [2.75, 3.05) is 7.11 Å². The highest BCUT2D eigenvalue weighted by atomic mass is 32.2. The molecule has 1 atom stereocenters. The third kappa shape index (κ3) is 3.26. The number of carbonyl (C=O) groups is 1. The van der Waals surface area contributed by atoms with Crippen LogP contribution >= 0.6 is 0 Å². The van der Waals surface area contributed by atoms with Crippen LogP contribution in [0.5, 0.6) is 5.75 Å². The number of hydrogen-bond acceptors (Lipinski definition) is 4. The summed E-state index contributed by atoms with van der Waals surface area (Å²) in [7, 11) is -2.23. The van der Waals surface area contributed by atoms with Crippen LogP contribution < -0.4 is 4.74 Å². The molecule has 0 aliphatic rings. The molecule has 0 aromatic heterocycles. The second-order valence-corrected chi connectivity index (χ2v) is 6.65. The number of rotatable bonds is 6. The van der Waals surface area contributed by atoms with Crippen LogP contribution in [0.25, 0.3) is 0 Å². The Morgan fingerprint density at radius 3 is 2.53 bits per heavy atom. The molecule has 19 heavy (non-hydrogen) atoms. The standard InChI is InChI=1S/C13H18O5S/c1-4-5-9(2)19(16,17)12-8-10(13(14)15)6-7-11(12)18-3/h6-9H,4-5H2,1-3H3,(H,14,15). The lowest BCUT2D eigenvalue weighted by atomic mass is 10.2. The van der Waals surface area contributed by atoms with Gasteiger partial charge in [0.25, 0.3) is 0 Å². The predicted molar refractivity (Wildman–Crippen MR) is 71.5 cm³/mol. The minimum absolute atomic E-state index is 0.0594. The Balaban J connectivity index is 3.38. The topological polar surface area (TPSA) is 80.7 Å². The molecule has 1 aromatic carbocycles. The summed E-state index contributed by atoms with van der Waals surface area (Å²) in [5.74, 6) is -0.991. The molecule has 0 heterocycles. The molecule has 0 spiro atoms. The summed E-state index contributed by atoms with van der Waals surface area (Å²) in [5.41, 5.74) is -0.0666. The summed E-state index contributed by atoms with van der Waals surface area (Å²) in [4.78, 5) is 10.9. The summed E-state index contributed by atoms with van der Waals surface area (Å²) >= 11 is 0. The second kappa shape index (κ2) is 6.06. The first-order chi connectivity index (χ1) is 8.84. The number of sulfone groups is 1. The monoisotopic (exact) mass is 286 g/mol. The molecule has 1 aromatic rings. The molecule has 0 saturated carbocycles. The van der Waals surface area contributed by atoms with Crippen molar-refractivity contribution in [1.82, 2.24) is 0 Å². The van der Waals surface area contributed by atoms with Crippen LogP contribution in [0.1, 0.15) is 37.0 Å². The summed E-state index contributed by atoms with van der Waals surface area (Å²) in [6, 6.07) is 3.85. The predicted octanol–water partition coefficient (Wildman–Crippen LogP) is 2.36. The van der Waals surface area contributed by atoms with E-state index in [1.807, 2.05) is 6.92 Å². The summed E-state index contributed by atoms with van der Waals surface area (Å²) in [6.45, 7) is 3.52. The SMILES string of the molecule is CCCC(C)S(=O)(=O)c1cc(C(=O)O)ccc1OC. The molecule has 0 aliphatic heterocycles. The van der Waals surface area contributed by atoms with Gasteiger partial charge in [0.1, 0.15) is 10.6 Å². The zero-order valence-corrected chi connectivity index (χ0v) is 12.0. The van der Waals surface area contributed by atoms with Gasteiger partial charge in [-0.25, -0.2) is 13.2 Å². The first-order valence-corrected chi connectivity index (χ1v) is 7.54. The van der Waals surface area contributed by atoms with Gasteiger partial charge in [0, 0.05) is 0 Å². The van der Waals surface area contributed by atoms with Crippen molar-refractivity contribution in [3.05, 3.63) is 23.8 Å². The van der Waals surface area contributed by atoms with Gasteiger partial charge in [-0.1, -0.05) is 13.3 Å². The minimum atomic E-state index is -3.59. The van der Waals surface area contributed by atoms with Gasteiger partial charge in [0.2, 0.25) is 0 Å². The molecule has 1 N–H and O–H groups in total. The van der Waals surface area contributed by atoms with E-state index in [2.05, 4.69) is 0 Å². The molecule has 0 bridgehead atoms. The van der Waals surface area contributed by atoms with E-state index in [1.165, 1.54) is 19.2 Å². The Labute approximate surface area is 113 Å². The van der Waals surface area contributed by atoms with Gasteiger partial charge >= 0.3 is 5.97 Å². The fourth-order valence-corrected chi connectivity index (χ4v) is 3.51. The molecule has 6 heteroatoms. The molecule has 1 unspecified atom stereocenters. The third-order valence-corrected chi connectivity index (χ3v) is 5.17. The van der Waals surface area contributed by atoms with Crippen molar-refractivity contribution in [3.8, 4) is 5.75 Å². The fourth-order valence-electron chi connectivity index (χ4n) is 1.81. The van der Waals surface area contributed by atoms with Crippen molar-refractivity contribution in [2.24, 2.45) is 0 Å². The van der Waals surface area contributed by atoms with Crippen LogP contribution in [0.3, 0.4) is 0 Å². The molecule has 0 fully saturated rings. The van der Waals surface area contributed by atoms with Gasteiger partial charge in [-0.15, -0.1) is 0 Å². The van der Waals surface area contributed by atoms with E-state index in [9.17, 15) is 13.2 Å². The smallest absolute Gasteiger partial charge is 0.335 e. The number of hydrogen-bond donors (Lipinski definition) is 1. The molecule has 0 amide bonds. The second-order valence-electron chi connectivity index (χ2n) is 4.32. The number of benzene rings is 1. The lowest BCUT2D eigenvalue weighted by Crippen LogP contribution is -2.19. The van der Waals surface area contributed by atoms with Gasteiger partial charge in [0.05, 0.1) is 17.9 Å². The average Bonchev–Trinajstić information content (AvgIpc) is 2.38. The maximum Gasteiger partial charge on any atom is 0.335 e. The van der Waals surface area contributed by atoms with Gasteiger partial charge in [-0.05, 0) is 31.5 Å². The Hall–Kier alpha value is -1.56. The van der Waals surface area contributed by atoms with Crippen molar-refractivity contribution >= 4 is 15.8 Å². The lowest BCUT2D eigenvalue weighted by molar-refractivity contribution is 0.0696. The summed E-state index contributed by atoms with van der Waals surface area (Å²) < 4.78 is 29.8. The van der Waals surface area contributed by atoms with E-state index >= 15 is 0 Å². The highest BCUT2D eigenvalue weighted by Gasteiger charge is 2.27. The van der Waals surface area contributed by atoms with Crippen LogP contribution in [-0.4, -0.2) is 31.9 Å². The van der Waals surface area contributed by atoms with E-state index in [1.54, 1.807) is 6.92 Å². The molecule has 1 rings (SSSR count). The van der Waals surface area contributed by atoms with Crippen LogP contribution in [-0.2, 0) is 9.84 Å². The van der Waals surface area contributed by atoms with Gasteiger partial charge in [-0.3, -0.25) is 0 Å². The fraction of sp³-hybridized carbons (Fsp3) is 0.462. The Kier molecular flexibility index (Phi) is 4.94. The van der Waals surface area contributed by atoms with Crippen LogP contribution in [0.2, 0.25) is 0 Å². The van der Waals surface area contributed by atoms with Crippen molar-refractivity contribution in [2.45, 2.75) is 36.8 Å². The Bertz CT molecular complexity index is 562. The minimum Gasteiger partial charge on any atom is -0.495 e. The van der Waals surface area contributed by atoms with Crippen LogP contribution in [0.4, 0.5) is 0 Å². The van der Waals surface area contributed by atoms with E-state index in [0.29, 0.717) is 6.42 Å². The maximum atomic E-state index is 12.4. The highest BCUT2D eigenvalue weighted by Crippen LogP contribution is 2.29. The van der Waals surface area contributed by atoms with E-state index in [4.69, 9.17) is 9.84 Å². The van der Waals surface area contributed by atoms with Gasteiger partial charge < -0.3 is 9.84 Å². The van der Waals surface area contributed by atoms with Crippen molar-refractivity contribution in [3.63, 3.8) is 0 Å². The molecule has 5 nitrogen and oxygen atoms in total. The molecular formula is C13H18O5S. The van der Waals surface area contributed by atoms with Crippen LogP contribution in [0, 0.1) is 0 Å². The van der Waals surface area contributed by atoms with Gasteiger partial charge in [0.15, 0.2) is 9.84 Å². The van der Waals surface area contributed by atoms with E-state index in [0.717, 1.165) is 12.5 Å². The lowest BCUT2D eigenvalue weighted by Gasteiger charge is -2.15.